The number of nitrogens with two attached hydrogens (primary N) is 1. The summed E-state index contributed by atoms with van der Waals surface area (Å²) in [5.74, 6) is 0. The van der Waals surface area contributed by atoms with Crippen molar-refractivity contribution in [2.24, 2.45) is 5.73 Å². The summed E-state index contributed by atoms with van der Waals surface area (Å²) in [5, 5.41) is 8.44. The van der Waals surface area contributed by atoms with Crippen LogP contribution in [-0.2, 0) is 4.74 Å². The maximum absolute atomic E-state index is 11.7. The number of nitrogens with zero attached hydrogens (tertiary/aromatic N) is 1. The Balaban J connectivity index is 3.45. The zero-order valence-corrected chi connectivity index (χ0v) is 7.90. The summed E-state index contributed by atoms with van der Waals surface area (Å²) in [6.45, 7) is 1.37. The van der Waals surface area contributed by atoms with E-state index >= 15 is 0 Å². The minimum Gasteiger partial charge on any atom is -0.378 e. The van der Waals surface area contributed by atoms with E-state index < -0.39 is 18.1 Å². The number of halogens is 3. The summed E-state index contributed by atoms with van der Waals surface area (Å²) in [7, 11) is 0. The van der Waals surface area contributed by atoms with Gasteiger partial charge in [-0.05, 0) is 13.3 Å². The van der Waals surface area contributed by atoms with Gasteiger partial charge in [0.25, 0.3) is 0 Å². The first-order valence-corrected chi connectivity index (χ1v) is 4.11. The normalized spacial score (nSPS) is 16.0. The van der Waals surface area contributed by atoms with Crippen LogP contribution in [-0.4, -0.2) is 24.9 Å². The van der Waals surface area contributed by atoms with Gasteiger partial charge in [-0.1, -0.05) is 0 Å². The summed E-state index contributed by atoms with van der Waals surface area (Å²) in [5.41, 5.74) is 4.25. The number of rotatable bonds is 5. The molecular weight excluding hydrogens is 197 g/mol. The second-order valence-electron chi connectivity index (χ2n) is 3.30. The van der Waals surface area contributed by atoms with Gasteiger partial charge < -0.3 is 10.5 Å². The van der Waals surface area contributed by atoms with E-state index in [-0.39, 0.29) is 19.6 Å². The topological polar surface area (TPSA) is 59.0 Å². The lowest BCUT2D eigenvalue weighted by Gasteiger charge is -2.15. The van der Waals surface area contributed by atoms with Gasteiger partial charge in [0.05, 0.1) is 12.7 Å². The van der Waals surface area contributed by atoms with Crippen LogP contribution in [0.5, 0.6) is 0 Å². The molecule has 0 fully saturated rings. The van der Waals surface area contributed by atoms with Crippen molar-refractivity contribution in [1.82, 2.24) is 0 Å². The van der Waals surface area contributed by atoms with Crippen molar-refractivity contribution in [3.8, 4) is 6.07 Å². The molecule has 3 nitrogen and oxygen atoms in total. The molecule has 0 aromatic rings. The number of hydrogen-bond acceptors (Lipinski definition) is 3. The van der Waals surface area contributed by atoms with E-state index in [1.807, 2.05) is 0 Å². The minimum absolute atomic E-state index is 0.0337. The molecule has 0 bridgehead atoms. The number of ether oxygens (including phenoxy) is 1. The fourth-order valence-electron chi connectivity index (χ4n) is 0.691. The van der Waals surface area contributed by atoms with E-state index in [0.29, 0.717) is 0 Å². The highest BCUT2D eigenvalue weighted by atomic mass is 19.4. The molecule has 0 aromatic carbocycles. The van der Waals surface area contributed by atoms with Gasteiger partial charge in [0.2, 0.25) is 0 Å². The highest BCUT2D eigenvalue weighted by Gasteiger charge is 2.26. The molecule has 0 amide bonds. The lowest BCUT2D eigenvalue weighted by Crippen LogP contribution is -2.39. The van der Waals surface area contributed by atoms with Crippen molar-refractivity contribution < 1.29 is 17.9 Å². The molecule has 0 aliphatic heterocycles. The van der Waals surface area contributed by atoms with Crippen molar-refractivity contribution in [1.29, 1.82) is 5.26 Å². The van der Waals surface area contributed by atoms with Crippen LogP contribution in [0.25, 0.3) is 0 Å². The molecule has 0 saturated heterocycles. The van der Waals surface area contributed by atoms with Gasteiger partial charge >= 0.3 is 6.18 Å². The van der Waals surface area contributed by atoms with Crippen molar-refractivity contribution in [3.63, 3.8) is 0 Å². The lowest BCUT2D eigenvalue weighted by atomic mass is 10.1. The standard InChI is InChI=1S/C8H13F3N2O/c1-7(13,5-12)6-14-4-2-3-8(9,10)11/h2-4,6,13H2,1H3. The summed E-state index contributed by atoms with van der Waals surface area (Å²) >= 11 is 0. The average Bonchev–Trinajstić information content (AvgIpc) is 2.01. The molecule has 0 aliphatic rings. The molecule has 1 unspecified atom stereocenters. The second-order valence-corrected chi connectivity index (χ2v) is 3.30. The Kier molecular flexibility index (Phi) is 4.88. The minimum atomic E-state index is -4.15. The monoisotopic (exact) mass is 210 g/mol. The largest absolute Gasteiger partial charge is 0.389 e. The molecule has 2 N–H and O–H groups in total. The number of nitriles is 1. The van der Waals surface area contributed by atoms with E-state index in [1.54, 1.807) is 6.07 Å². The molecule has 0 rings (SSSR count). The molecule has 0 saturated carbocycles. The van der Waals surface area contributed by atoms with Gasteiger partial charge in [-0.15, -0.1) is 0 Å². The van der Waals surface area contributed by atoms with Gasteiger partial charge in [-0.2, -0.15) is 18.4 Å². The van der Waals surface area contributed by atoms with Crippen LogP contribution in [0.2, 0.25) is 0 Å². The highest BCUT2D eigenvalue weighted by molar-refractivity contribution is 5.00. The molecule has 0 aliphatic carbocycles. The fraction of sp³-hybridized carbons (Fsp3) is 0.875. The number of hydrogen-bond donors (Lipinski definition) is 1. The molecule has 6 heteroatoms. The summed E-state index contributed by atoms with van der Waals surface area (Å²) in [4.78, 5) is 0. The van der Waals surface area contributed by atoms with Crippen molar-refractivity contribution >= 4 is 0 Å². The third-order valence-corrected chi connectivity index (χ3v) is 1.41. The number of alkyl halides is 3. The zero-order valence-electron chi connectivity index (χ0n) is 7.90. The fourth-order valence-corrected chi connectivity index (χ4v) is 0.691. The molecule has 0 radical (unpaired) electrons. The maximum Gasteiger partial charge on any atom is 0.389 e. The smallest absolute Gasteiger partial charge is 0.378 e. The van der Waals surface area contributed by atoms with Crippen LogP contribution in [0.3, 0.4) is 0 Å². The average molecular weight is 210 g/mol. The third-order valence-electron chi connectivity index (χ3n) is 1.41. The van der Waals surface area contributed by atoms with Gasteiger partial charge in [0, 0.05) is 13.0 Å². The maximum atomic E-state index is 11.7. The SMILES string of the molecule is CC(N)(C#N)COCCCC(F)(F)F. The van der Waals surface area contributed by atoms with E-state index in [2.05, 4.69) is 0 Å². The van der Waals surface area contributed by atoms with Crippen LogP contribution in [0.15, 0.2) is 0 Å². The Morgan fingerprint density at radius 2 is 2.00 bits per heavy atom. The summed E-state index contributed by atoms with van der Waals surface area (Å²) in [6, 6.07) is 1.78. The van der Waals surface area contributed by atoms with Gasteiger partial charge in [-0.25, -0.2) is 0 Å². The first-order valence-electron chi connectivity index (χ1n) is 4.11. The molecule has 0 aromatic heterocycles. The van der Waals surface area contributed by atoms with Gasteiger partial charge in [0.1, 0.15) is 5.54 Å². The molecule has 0 heterocycles. The summed E-state index contributed by atoms with van der Waals surface area (Å²) < 4.78 is 39.8. The van der Waals surface area contributed by atoms with E-state index in [4.69, 9.17) is 15.7 Å². The molecule has 82 valence electrons. The lowest BCUT2D eigenvalue weighted by molar-refractivity contribution is -0.138. The van der Waals surface area contributed by atoms with Crippen molar-refractivity contribution in [2.45, 2.75) is 31.5 Å². The van der Waals surface area contributed by atoms with Crippen LogP contribution in [0.1, 0.15) is 19.8 Å². The van der Waals surface area contributed by atoms with Crippen molar-refractivity contribution in [3.05, 3.63) is 0 Å². The molecule has 0 spiro atoms. The van der Waals surface area contributed by atoms with Crippen LogP contribution in [0.4, 0.5) is 13.2 Å². The Morgan fingerprint density at radius 1 is 1.43 bits per heavy atom. The van der Waals surface area contributed by atoms with E-state index in [0.717, 1.165) is 0 Å². The second kappa shape index (κ2) is 5.17. The Labute approximate surface area is 80.6 Å². The Bertz CT molecular complexity index is 208. The Morgan fingerprint density at radius 3 is 2.43 bits per heavy atom. The molecular formula is C8H13F3N2O. The summed E-state index contributed by atoms with van der Waals surface area (Å²) in [6.07, 6.45) is -5.13. The predicted molar refractivity (Wildman–Crippen MR) is 44.3 cm³/mol. The zero-order chi connectivity index (χ0) is 11.2. The van der Waals surface area contributed by atoms with Crippen LogP contribution in [0, 0.1) is 11.3 Å². The molecule has 14 heavy (non-hydrogen) atoms. The third kappa shape index (κ3) is 7.83. The van der Waals surface area contributed by atoms with Crippen molar-refractivity contribution in [2.75, 3.05) is 13.2 Å². The first kappa shape index (κ1) is 13.2. The van der Waals surface area contributed by atoms with Crippen LogP contribution >= 0.6 is 0 Å². The Hall–Kier alpha value is -0.800. The molecule has 1 atom stereocenters. The van der Waals surface area contributed by atoms with E-state index in [9.17, 15) is 13.2 Å². The van der Waals surface area contributed by atoms with Gasteiger partial charge in [-0.3, -0.25) is 0 Å². The van der Waals surface area contributed by atoms with Crippen LogP contribution < -0.4 is 5.73 Å². The predicted octanol–water partition coefficient (Wildman–Crippen LogP) is 1.59. The first-order chi connectivity index (χ1) is 6.27. The van der Waals surface area contributed by atoms with E-state index in [1.165, 1.54) is 6.92 Å². The highest BCUT2D eigenvalue weighted by Crippen LogP contribution is 2.21. The quantitative estimate of drug-likeness (QED) is 0.701. The van der Waals surface area contributed by atoms with Gasteiger partial charge in [0.15, 0.2) is 0 Å².